The first-order valence-corrected chi connectivity index (χ1v) is 21.0. The fourth-order valence-corrected chi connectivity index (χ4v) is 11.0. The highest BCUT2D eigenvalue weighted by atomic mass is 15.0. The van der Waals surface area contributed by atoms with Crippen molar-refractivity contribution in [2.45, 2.75) is 19.3 Å². The summed E-state index contributed by atoms with van der Waals surface area (Å²) in [7, 11) is 0. The van der Waals surface area contributed by atoms with Crippen molar-refractivity contribution in [2.24, 2.45) is 0 Å². The lowest BCUT2D eigenvalue weighted by molar-refractivity contribution is 0.664. The Morgan fingerprint density at radius 1 is 0.500 bits per heavy atom. The number of benzene rings is 9. The molecule has 3 heterocycles. The molecular weight excluding hydrogens is 755 g/mol. The molecule has 1 aliphatic rings. The van der Waals surface area contributed by atoms with Gasteiger partial charge >= 0.3 is 0 Å². The molecule has 0 fully saturated rings. The summed E-state index contributed by atoms with van der Waals surface area (Å²) in [6.07, 6.45) is 0. The Hall–Kier alpha value is -8.38. The van der Waals surface area contributed by atoms with E-state index in [1.807, 2.05) is 12.1 Å². The Kier molecular flexibility index (Phi) is 6.86. The molecule has 13 rings (SSSR count). The first-order valence-electron chi connectivity index (χ1n) is 21.0. The minimum atomic E-state index is -0.294. The minimum Gasteiger partial charge on any atom is -0.319 e. The van der Waals surface area contributed by atoms with Gasteiger partial charge in [0.2, 0.25) is 5.69 Å². The maximum Gasteiger partial charge on any atom is 0.212 e. The van der Waals surface area contributed by atoms with Crippen molar-refractivity contribution in [1.82, 2.24) is 13.7 Å². The molecule has 3 aromatic heterocycles. The standard InChI is InChI=1S/C57H35N5/c1-57(2)45-20-10-6-16-38(45)42-26-27-43-41-19-9-13-23-49(41)62(56(43)55(42)57)53-30-35(33-58)52(32-46(53)59-3)61-50-29-25-36(31-44(50)54-37-15-5-4-14-34(37)24-28-51(54)61)60-47-21-11-7-17-39(47)40-18-8-12-22-48(40)60/h4-32H,1-2H3. The lowest BCUT2D eigenvalue weighted by Crippen LogP contribution is -2.16. The second kappa shape index (κ2) is 12.3. The zero-order valence-corrected chi connectivity index (χ0v) is 34.0. The summed E-state index contributed by atoms with van der Waals surface area (Å²) in [4.78, 5) is 4.27. The van der Waals surface area contributed by atoms with E-state index in [-0.39, 0.29) is 5.41 Å². The predicted molar refractivity (Wildman–Crippen MR) is 256 cm³/mol. The van der Waals surface area contributed by atoms with Crippen LogP contribution < -0.4 is 0 Å². The first-order chi connectivity index (χ1) is 30.5. The number of fused-ring (bicyclic) bond motifs is 15. The molecule has 0 amide bonds. The van der Waals surface area contributed by atoms with Gasteiger partial charge in [0.15, 0.2) is 0 Å². The predicted octanol–water partition coefficient (Wildman–Crippen LogP) is 14.9. The van der Waals surface area contributed by atoms with Crippen LogP contribution in [0.5, 0.6) is 0 Å². The average molecular weight is 790 g/mol. The zero-order valence-electron chi connectivity index (χ0n) is 34.0. The second-order valence-electron chi connectivity index (χ2n) is 17.1. The fourth-order valence-electron chi connectivity index (χ4n) is 11.0. The molecule has 0 aliphatic heterocycles. The lowest BCUT2D eigenvalue weighted by Gasteiger charge is -2.24. The highest BCUT2D eigenvalue weighted by molar-refractivity contribution is 6.22. The van der Waals surface area contributed by atoms with Gasteiger partial charge in [-0.3, -0.25) is 0 Å². The van der Waals surface area contributed by atoms with Crippen molar-refractivity contribution in [3.05, 3.63) is 204 Å². The van der Waals surface area contributed by atoms with Gasteiger partial charge in [-0.25, -0.2) is 4.85 Å². The van der Waals surface area contributed by atoms with Gasteiger partial charge in [-0.1, -0.05) is 135 Å². The minimum absolute atomic E-state index is 0.294. The molecule has 0 N–H and O–H groups in total. The Balaban J connectivity index is 1.11. The molecule has 0 radical (unpaired) electrons. The van der Waals surface area contributed by atoms with E-state index >= 15 is 0 Å². The van der Waals surface area contributed by atoms with Gasteiger partial charge in [0, 0.05) is 43.4 Å². The molecule has 0 unspecified atom stereocenters. The van der Waals surface area contributed by atoms with Crippen LogP contribution in [0.15, 0.2) is 176 Å². The second-order valence-corrected chi connectivity index (χ2v) is 17.1. The first kappa shape index (κ1) is 34.5. The van der Waals surface area contributed by atoms with E-state index in [0.717, 1.165) is 71.1 Å². The topological polar surface area (TPSA) is 42.9 Å². The van der Waals surface area contributed by atoms with Gasteiger partial charge in [-0.2, -0.15) is 5.26 Å². The van der Waals surface area contributed by atoms with Gasteiger partial charge < -0.3 is 13.7 Å². The lowest BCUT2D eigenvalue weighted by atomic mass is 9.81. The number of para-hydroxylation sites is 3. The third-order valence-electron chi connectivity index (χ3n) is 13.6. The molecule has 12 aromatic rings. The van der Waals surface area contributed by atoms with Gasteiger partial charge in [-0.15, -0.1) is 0 Å². The van der Waals surface area contributed by atoms with Crippen LogP contribution in [0.2, 0.25) is 0 Å². The van der Waals surface area contributed by atoms with Crippen LogP contribution in [0.1, 0.15) is 30.5 Å². The van der Waals surface area contributed by atoms with E-state index in [1.54, 1.807) is 0 Å². The van der Waals surface area contributed by atoms with Crippen LogP contribution in [0, 0.1) is 17.9 Å². The van der Waals surface area contributed by atoms with E-state index in [9.17, 15) is 5.26 Å². The largest absolute Gasteiger partial charge is 0.319 e. The SMILES string of the molecule is [C-]#[N+]c1cc(-n2c3ccc(-n4c5ccccc5c5ccccc54)cc3c3c4ccccc4ccc32)c(C#N)cc1-n1c2ccccc2c2ccc3c(c21)C(C)(C)c1ccccc1-3. The van der Waals surface area contributed by atoms with Crippen LogP contribution in [-0.4, -0.2) is 13.7 Å². The van der Waals surface area contributed by atoms with Crippen LogP contribution >= 0.6 is 0 Å². The van der Waals surface area contributed by atoms with Gasteiger partial charge in [-0.05, 0) is 87.6 Å². The van der Waals surface area contributed by atoms with Gasteiger partial charge in [0.1, 0.15) is 6.07 Å². The molecule has 0 atom stereocenters. The molecule has 9 aromatic carbocycles. The summed E-state index contributed by atoms with van der Waals surface area (Å²) in [5, 5.41) is 20.3. The van der Waals surface area contributed by atoms with Crippen molar-refractivity contribution in [1.29, 1.82) is 5.26 Å². The molecular formula is C57H35N5. The summed E-state index contributed by atoms with van der Waals surface area (Å²) < 4.78 is 6.81. The molecule has 0 bridgehead atoms. The van der Waals surface area contributed by atoms with Crippen LogP contribution in [0.3, 0.4) is 0 Å². The molecule has 5 nitrogen and oxygen atoms in total. The smallest absolute Gasteiger partial charge is 0.212 e. The Morgan fingerprint density at radius 3 is 1.84 bits per heavy atom. The number of hydrogen-bond donors (Lipinski definition) is 0. The maximum atomic E-state index is 11.2. The van der Waals surface area contributed by atoms with Crippen LogP contribution in [0.4, 0.5) is 5.69 Å². The van der Waals surface area contributed by atoms with Gasteiger partial charge in [0.25, 0.3) is 0 Å². The molecule has 1 aliphatic carbocycles. The third kappa shape index (κ3) is 4.39. The molecule has 288 valence electrons. The average Bonchev–Trinajstić information content (AvgIpc) is 4.02. The number of hydrogen-bond acceptors (Lipinski definition) is 1. The number of nitriles is 1. The summed E-state index contributed by atoms with van der Waals surface area (Å²) in [6, 6.07) is 64.8. The van der Waals surface area contributed by atoms with E-state index in [2.05, 4.69) is 202 Å². The van der Waals surface area contributed by atoms with E-state index in [0.29, 0.717) is 22.6 Å². The van der Waals surface area contributed by atoms with Crippen LogP contribution in [-0.2, 0) is 5.41 Å². The molecule has 0 saturated heterocycles. The highest BCUT2D eigenvalue weighted by Crippen LogP contribution is 2.53. The summed E-state index contributed by atoms with van der Waals surface area (Å²) in [5.74, 6) is 0. The van der Waals surface area contributed by atoms with Crippen molar-refractivity contribution < 1.29 is 0 Å². The quantitative estimate of drug-likeness (QED) is 0.164. The molecule has 0 spiro atoms. The van der Waals surface area contributed by atoms with Gasteiger partial charge in [0.05, 0.1) is 56.6 Å². The monoisotopic (exact) mass is 789 g/mol. The summed E-state index contributed by atoms with van der Waals surface area (Å²) in [6.45, 7) is 13.4. The number of nitrogens with zero attached hydrogens (tertiary/aromatic N) is 5. The van der Waals surface area contributed by atoms with Crippen LogP contribution in [0.25, 0.3) is 109 Å². The Morgan fingerprint density at radius 2 is 1.11 bits per heavy atom. The molecule has 0 saturated carbocycles. The Labute approximate surface area is 357 Å². The van der Waals surface area contributed by atoms with E-state index < -0.39 is 0 Å². The van der Waals surface area contributed by atoms with Crippen molar-refractivity contribution in [3.8, 4) is 34.3 Å². The van der Waals surface area contributed by atoms with Crippen molar-refractivity contribution in [2.75, 3.05) is 0 Å². The summed E-state index contributed by atoms with van der Waals surface area (Å²) in [5.41, 5.74) is 14.4. The third-order valence-corrected chi connectivity index (χ3v) is 13.6. The molecule has 62 heavy (non-hydrogen) atoms. The van der Waals surface area contributed by atoms with E-state index in [1.165, 1.54) is 33.0 Å². The number of rotatable bonds is 3. The van der Waals surface area contributed by atoms with Crippen molar-refractivity contribution in [3.63, 3.8) is 0 Å². The Bertz CT molecular complexity index is 3990. The summed E-state index contributed by atoms with van der Waals surface area (Å²) >= 11 is 0. The maximum absolute atomic E-state index is 11.2. The highest BCUT2D eigenvalue weighted by Gasteiger charge is 2.38. The van der Waals surface area contributed by atoms with E-state index in [4.69, 9.17) is 6.57 Å². The molecule has 5 heteroatoms. The zero-order chi connectivity index (χ0) is 41.4. The fraction of sp³-hybridized carbons (Fsp3) is 0.0526. The normalized spacial score (nSPS) is 13.1. The number of aromatic nitrogens is 3. The van der Waals surface area contributed by atoms with Crippen molar-refractivity contribution >= 4 is 81.9 Å².